The molecule has 0 aliphatic rings. The predicted molar refractivity (Wildman–Crippen MR) is 94.6 cm³/mol. The van der Waals surface area contributed by atoms with Crippen molar-refractivity contribution >= 4 is 17.5 Å². The molecule has 6 heteroatoms. The van der Waals surface area contributed by atoms with E-state index in [1.54, 1.807) is 39.3 Å². The summed E-state index contributed by atoms with van der Waals surface area (Å²) in [5.41, 5.74) is 7.22. The molecule has 0 saturated heterocycles. The Morgan fingerprint density at radius 2 is 1.83 bits per heavy atom. The number of carbonyl (C=O) groups excluding carboxylic acids is 1. The second kappa shape index (κ2) is 8.04. The van der Waals surface area contributed by atoms with Crippen LogP contribution in [0.2, 0.25) is 5.02 Å². The number of nitrogens with one attached hydrogen (secondary N) is 1. The van der Waals surface area contributed by atoms with Crippen molar-refractivity contribution in [3.8, 4) is 11.5 Å². The van der Waals surface area contributed by atoms with Crippen LogP contribution < -0.4 is 20.5 Å². The standard InChI is InChI=1S/C18H21ClN2O3/c1-11(20)18(22)21-17(13-6-4-5-7-15(13)19)14-9-8-12(23-2)10-16(14)24-3/h4-11,17H,20H2,1-3H3,(H,21,22)/t11-,17?/m1/s1. The van der Waals surface area contributed by atoms with Crippen molar-refractivity contribution < 1.29 is 14.3 Å². The number of rotatable bonds is 6. The Morgan fingerprint density at radius 3 is 2.42 bits per heavy atom. The minimum absolute atomic E-state index is 0.280. The largest absolute Gasteiger partial charge is 0.497 e. The molecule has 3 N–H and O–H groups in total. The second-order valence-corrected chi connectivity index (χ2v) is 5.77. The second-order valence-electron chi connectivity index (χ2n) is 5.36. The van der Waals surface area contributed by atoms with E-state index in [2.05, 4.69) is 5.32 Å². The third-order valence-corrected chi connectivity index (χ3v) is 4.01. The molecule has 0 bridgehead atoms. The maximum atomic E-state index is 12.2. The van der Waals surface area contributed by atoms with Crippen molar-refractivity contribution in [2.24, 2.45) is 5.73 Å². The molecule has 0 radical (unpaired) electrons. The van der Waals surface area contributed by atoms with Crippen LogP contribution in [0.15, 0.2) is 42.5 Å². The van der Waals surface area contributed by atoms with Gasteiger partial charge in [0.2, 0.25) is 5.91 Å². The number of ether oxygens (including phenoxy) is 2. The zero-order valence-corrected chi connectivity index (χ0v) is 14.6. The Kier molecular flexibility index (Phi) is 6.06. The van der Waals surface area contributed by atoms with Crippen LogP contribution in [0, 0.1) is 0 Å². The van der Waals surface area contributed by atoms with Crippen LogP contribution in [0.4, 0.5) is 0 Å². The lowest BCUT2D eigenvalue weighted by atomic mass is 9.97. The molecule has 1 amide bonds. The molecule has 2 aromatic carbocycles. The van der Waals surface area contributed by atoms with Gasteiger partial charge in [-0.1, -0.05) is 29.8 Å². The monoisotopic (exact) mass is 348 g/mol. The maximum absolute atomic E-state index is 12.2. The average Bonchev–Trinajstić information content (AvgIpc) is 2.59. The van der Waals surface area contributed by atoms with Gasteiger partial charge in [0.25, 0.3) is 0 Å². The molecule has 0 aliphatic carbocycles. The van der Waals surface area contributed by atoms with E-state index in [1.807, 2.05) is 24.3 Å². The Balaban J connectivity index is 2.54. The predicted octanol–water partition coefficient (Wildman–Crippen LogP) is 2.91. The van der Waals surface area contributed by atoms with Gasteiger partial charge in [-0.2, -0.15) is 0 Å². The smallest absolute Gasteiger partial charge is 0.237 e. The SMILES string of the molecule is COc1ccc(C(NC(=O)[C@@H](C)N)c2ccccc2Cl)c(OC)c1. The van der Waals surface area contributed by atoms with E-state index >= 15 is 0 Å². The number of hydrogen-bond acceptors (Lipinski definition) is 4. The minimum Gasteiger partial charge on any atom is -0.497 e. The third kappa shape index (κ3) is 3.99. The minimum atomic E-state index is -0.640. The van der Waals surface area contributed by atoms with E-state index in [-0.39, 0.29) is 5.91 Å². The number of amides is 1. The lowest BCUT2D eigenvalue weighted by molar-refractivity contribution is -0.122. The van der Waals surface area contributed by atoms with Crippen LogP contribution in [0.25, 0.3) is 0 Å². The summed E-state index contributed by atoms with van der Waals surface area (Å²) in [5.74, 6) is 0.967. The van der Waals surface area contributed by atoms with Crippen LogP contribution in [0.3, 0.4) is 0 Å². The van der Waals surface area contributed by atoms with Crippen molar-refractivity contribution in [3.63, 3.8) is 0 Å². The summed E-state index contributed by atoms with van der Waals surface area (Å²) in [6, 6.07) is 11.6. The highest BCUT2D eigenvalue weighted by molar-refractivity contribution is 6.31. The van der Waals surface area contributed by atoms with Gasteiger partial charge >= 0.3 is 0 Å². The first kappa shape index (κ1) is 18.1. The fraction of sp³-hybridized carbons (Fsp3) is 0.278. The highest BCUT2D eigenvalue weighted by atomic mass is 35.5. The molecule has 2 aromatic rings. The maximum Gasteiger partial charge on any atom is 0.237 e. The van der Waals surface area contributed by atoms with Gasteiger partial charge in [-0.25, -0.2) is 0 Å². The Hall–Kier alpha value is -2.24. The Morgan fingerprint density at radius 1 is 1.12 bits per heavy atom. The van der Waals surface area contributed by atoms with Crippen LogP contribution in [0.1, 0.15) is 24.1 Å². The van der Waals surface area contributed by atoms with Gasteiger partial charge in [-0.15, -0.1) is 0 Å². The number of benzene rings is 2. The van der Waals surface area contributed by atoms with Gasteiger partial charge < -0.3 is 20.5 Å². The molecule has 5 nitrogen and oxygen atoms in total. The first-order valence-corrected chi connectivity index (χ1v) is 7.88. The molecule has 2 atom stereocenters. The number of carbonyl (C=O) groups is 1. The van der Waals surface area contributed by atoms with Gasteiger partial charge in [-0.3, -0.25) is 4.79 Å². The summed E-state index contributed by atoms with van der Waals surface area (Å²) < 4.78 is 10.7. The summed E-state index contributed by atoms with van der Waals surface area (Å²) in [4.78, 5) is 12.2. The van der Waals surface area contributed by atoms with Gasteiger partial charge in [0, 0.05) is 16.7 Å². The molecular formula is C18H21ClN2O3. The fourth-order valence-corrected chi connectivity index (χ4v) is 2.61. The average molecular weight is 349 g/mol. The lowest BCUT2D eigenvalue weighted by Gasteiger charge is -2.24. The van der Waals surface area contributed by atoms with E-state index < -0.39 is 12.1 Å². The van der Waals surface area contributed by atoms with Crippen LogP contribution in [-0.2, 0) is 4.79 Å². The summed E-state index contributed by atoms with van der Waals surface area (Å²) in [5, 5.41) is 3.48. The first-order valence-electron chi connectivity index (χ1n) is 7.50. The highest BCUT2D eigenvalue weighted by Gasteiger charge is 2.24. The molecule has 24 heavy (non-hydrogen) atoms. The van der Waals surface area contributed by atoms with Gasteiger partial charge in [-0.05, 0) is 30.7 Å². The van der Waals surface area contributed by atoms with E-state index in [9.17, 15) is 4.79 Å². The van der Waals surface area contributed by atoms with Crippen molar-refractivity contribution in [2.45, 2.75) is 19.0 Å². The Labute approximate surface area is 146 Å². The summed E-state index contributed by atoms with van der Waals surface area (Å²) in [6.45, 7) is 1.63. The third-order valence-electron chi connectivity index (χ3n) is 3.67. The molecule has 1 unspecified atom stereocenters. The van der Waals surface area contributed by atoms with E-state index in [1.165, 1.54) is 0 Å². The number of nitrogens with two attached hydrogens (primary N) is 1. The summed E-state index contributed by atoms with van der Waals surface area (Å²) >= 11 is 6.34. The molecule has 0 aromatic heterocycles. The van der Waals surface area contributed by atoms with E-state index in [0.717, 1.165) is 11.1 Å². The van der Waals surface area contributed by atoms with Crippen molar-refractivity contribution in [3.05, 3.63) is 58.6 Å². The molecule has 0 heterocycles. The molecule has 0 fully saturated rings. The molecular weight excluding hydrogens is 328 g/mol. The van der Waals surface area contributed by atoms with Gasteiger partial charge in [0.15, 0.2) is 0 Å². The quantitative estimate of drug-likeness (QED) is 0.841. The summed E-state index contributed by atoms with van der Waals surface area (Å²) in [6.07, 6.45) is 0. The number of halogens is 1. The topological polar surface area (TPSA) is 73.6 Å². The highest BCUT2D eigenvalue weighted by Crippen LogP contribution is 2.35. The summed E-state index contributed by atoms with van der Waals surface area (Å²) in [7, 11) is 3.15. The van der Waals surface area contributed by atoms with E-state index in [0.29, 0.717) is 16.5 Å². The van der Waals surface area contributed by atoms with Crippen molar-refractivity contribution in [1.29, 1.82) is 0 Å². The molecule has 0 saturated carbocycles. The zero-order chi connectivity index (χ0) is 17.7. The zero-order valence-electron chi connectivity index (χ0n) is 13.9. The van der Waals surface area contributed by atoms with Crippen LogP contribution in [-0.4, -0.2) is 26.2 Å². The fourth-order valence-electron chi connectivity index (χ4n) is 2.36. The molecule has 0 aliphatic heterocycles. The lowest BCUT2D eigenvalue weighted by Crippen LogP contribution is -2.40. The number of hydrogen-bond donors (Lipinski definition) is 2. The van der Waals surface area contributed by atoms with Gasteiger partial charge in [0.05, 0.1) is 26.3 Å². The first-order chi connectivity index (χ1) is 11.5. The molecule has 2 rings (SSSR count). The van der Waals surface area contributed by atoms with Crippen LogP contribution in [0.5, 0.6) is 11.5 Å². The van der Waals surface area contributed by atoms with Crippen LogP contribution >= 0.6 is 11.6 Å². The van der Waals surface area contributed by atoms with Crippen molar-refractivity contribution in [2.75, 3.05) is 14.2 Å². The van der Waals surface area contributed by atoms with Gasteiger partial charge in [0.1, 0.15) is 11.5 Å². The normalized spacial score (nSPS) is 13.0. The van der Waals surface area contributed by atoms with E-state index in [4.69, 9.17) is 26.8 Å². The molecule has 128 valence electrons. The van der Waals surface area contributed by atoms with Crippen molar-refractivity contribution in [1.82, 2.24) is 5.32 Å². The Bertz CT molecular complexity index is 719. The molecule has 0 spiro atoms. The number of methoxy groups -OCH3 is 2.